The third-order valence-electron chi connectivity index (χ3n) is 2.53. The van der Waals surface area contributed by atoms with Gasteiger partial charge >= 0.3 is 0 Å². The normalized spacial score (nSPS) is 11.5. The third-order valence-corrected chi connectivity index (χ3v) is 3.44. The summed E-state index contributed by atoms with van der Waals surface area (Å²) in [7, 11) is 0. The van der Waals surface area contributed by atoms with E-state index in [1.54, 1.807) is 6.20 Å². The van der Waals surface area contributed by atoms with Gasteiger partial charge in [0.05, 0.1) is 0 Å². The predicted molar refractivity (Wildman–Crippen MR) is 75.3 cm³/mol. The highest BCUT2D eigenvalue weighted by Gasteiger charge is 2.07. The molecule has 0 aliphatic carbocycles. The third kappa shape index (κ3) is 3.45. The summed E-state index contributed by atoms with van der Waals surface area (Å²) in [5, 5.41) is 12.5. The highest BCUT2D eigenvalue weighted by atomic mass is 32.2. The van der Waals surface area contributed by atoms with Gasteiger partial charge in [0.15, 0.2) is 11.0 Å². The number of nitrogens with two attached hydrogens (primary N) is 1. The van der Waals surface area contributed by atoms with Crippen molar-refractivity contribution in [1.29, 1.82) is 0 Å². The van der Waals surface area contributed by atoms with Crippen molar-refractivity contribution in [2.45, 2.75) is 17.8 Å². The molecule has 0 radical (unpaired) electrons. The standard InChI is InChI=1S/C13H14N4OS/c1-9-6-7-15-13(16-9)19-8-10-4-2-3-5-11(10)12(14)17-18/h2-7,18H,8H2,1H3,(H2,14,17). The number of amidine groups is 1. The van der Waals surface area contributed by atoms with Crippen molar-refractivity contribution in [1.82, 2.24) is 9.97 Å². The number of benzene rings is 1. The van der Waals surface area contributed by atoms with Crippen LogP contribution in [0, 0.1) is 6.92 Å². The van der Waals surface area contributed by atoms with E-state index >= 15 is 0 Å². The quantitative estimate of drug-likeness (QED) is 0.223. The van der Waals surface area contributed by atoms with Gasteiger partial charge in [0.25, 0.3) is 0 Å². The van der Waals surface area contributed by atoms with Crippen LogP contribution < -0.4 is 5.73 Å². The first-order valence-corrected chi connectivity index (χ1v) is 6.67. The average Bonchev–Trinajstić information content (AvgIpc) is 2.45. The van der Waals surface area contributed by atoms with Crippen molar-refractivity contribution in [2.24, 2.45) is 10.9 Å². The molecule has 0 spiro atoms. The Hall–Kier alpha value is -2.08. The molecule has 2 aromatic rings. The number of aromatic nitrogens is 2. The van der Waals surface area contributed by atoms with E-state index in [4.69, 9.17) is 10.9 Å². The van der Waals surface area contributed by atoms with Crippen molar-refractivity contribution in [2.75, 3.05) is 0 Å². The Bertz CT molecular complexity index is 601. The van der Waals surface area contributed by atoms with Crippen molar-refractivity contribution in [3.05, 3.63) is 53.3 Å². The SMILES string of the molecule is Cc1ccnc(SCc2ccccc2/C(N)=N/O)n1. The lowest BCUT2D eigenvalue weighted by Crippen LogP contribution is -2.15. The van der Waals surface area contributed by atoms with E-state index < -0.39 is 0 Å². The highest BCUT2D eigenvalue weighted by molar-refractivity contribution is 7.98. The number of nitrogens with zero attached hydrogens (tertiary/aromatic N) is 3. The summed E-state index contributed by atoms with van der Waals surface area (Å²) in [5.41, 5.74) is 8.29. The molecule has 0 saturated carbocycles. The Labute approximate surface area is 115 Å². The number of thioether (sulfide) groups is 1. The zero-order valence-corrected chi connectivity index (χ0v) is 11.3. The largest absolute Gasteiger partial charge is 0.409 e. The molecule has 0 unspecified atom stereocenters. The summed E-state index contributed by atoms with van der Waals surface area (Å²) in [5.74, 6) is 0.775. The summed E-state index contributed by atoms with van der Waals surface area (Å²) in [6.45, 7) is 1.93. The fourth-order valence-corrected chi connectivity index (χ4v) is 2.47. The van der Waals surface area contributed by atoms with Gasteiger partial charge in [-0.3, -0.25) is 0 Å². The molecule has 2 rings (SSSR count). The molecular formula is C13H14N4OS. The monoisotopic (exact) mass is 274 g/mol. The van der Waals surface area contributed by atoms with E-state index in [2.05, 4.69) is 15.1 Å². The molecule has 0 fully saturated rings. The molecule has 0 aliphatic heterocycles. The maximum Gasteiger partial charge on any atom is 0.188 e. The zero-order valence-electron chi connectivity index (χ0n) is 10.4. The van der Waals surface area contributed by atoms with E-state index in [1.807, 2.05) is 37.3 Å². The van der Waals surface area contributed by atoms with Crippen molar-refractivity contribution in [3.8, 4) is 0 Å². The molecule has 1 heterocycles. The molecule has 0 atom stereocenters. The molecule has 1 aromatic heterocycles. The van der Waals surface area contributed by atoms with Gasteiger partial charge in [0, 0.05) is 23.2 Å². The topological polar surface area (TPSA) is 84.4 Å². The van der Waals surface area contributed by atoms with Gasteiger partial charge in [-0.05, 0) is 18.6 Å². The zero-order chi connectivity index (χ0) is 13.7. The molecular weight excluding hydrogens is 260 g/mol. The van der Waals surface area contributed by atoms with Gasteiger partial charge in [-0.1, -0.05) is 41.2 Å². The summed E-state index contributed by atoms with van der Waals surface area (Å²) in [6.07, 6.45) is 1.74. The fourth-order valence-electron chi connectivity index (χ4n) is 1.59. The first kappa shape index (κ1) is 13.4. The minimum Gasteiger partial charge on any atom is -0.409 e. The van der Waals surface area contributed by atoms with E-state index in [1.165, 1.54) is 11.8 Å². The van der Waals surface area contributed by atoms with Crippen molar-refractivity contribution in [3.63, 3.8) is 0 Å². The second-order valence-corrected chi connectivity index (χ2v) is 4.85. The van der Waals surface area contributed by atoms with Crippen LogP contribution in [0.2, 0.25) is 0 Å². The van der Waals surface area contributed by atoms with Crippen LogP contribution >= 0.6 is 11.8 Å². The van der Waals surface area contributed by atoms with Crippen LogP contribution in [-0.4, -0.2) is 21.0 Å². The van der Waals surface area contributed by atoms with Crippen LogP contribution in [0.5, 0.6) is 0 Å². The van der Waals surface area contributed by atoms with E-state index in [0.717, 1.165) is 16.8 Å². The predicted octanol–water partition coefficient (Wildman–Crippen LogP) is 2.17. The van der Waals surface area contributed by atoms with Gasteiger partial charge < -0.3 is 10.9 Å². The maximum absolute atomic E-state index is 8.77. The van der Waals surface area contributed by atoms with Crippen LogP contribution in [0.3, 0.4) is 0 Å². The molecule has 0 amide bonds. The number of hydrogen-bond donors (Lipinski definition) is 2. The molecule has 3 N–H and O–H groups in total. The van der Waals surface area contributed by atoms with Gasteiger partial charge in [0.2, 0.25) is 0 Å². The summed E-state index contributed by atoms with van der Waals surface area (Å²) in [4.78, 5) is 8.51. The van der Waals surface area contributed by atoms with Gasteiger partial charge in [-0.15, -0.1) is 0 Å². The molecule has 0 aliphatic rings. The summed E-state index contributed by atoms with van der Waals surface area (Å²) >= 11 is 1.52. The molecule has 1 aromatic carbocycles. The number of aryl methyl sites for hydroxylation is 1. The van der Waals surface area contributed by atoms with Crippen LogP contribution in [0.1, 0.15) is 16.8 Å². The molecule has 0 saturated heterocycles. The minimum absolute atomic E-state index is 0.112. The second kappa shape index (κ2) is 6.19. The van der Waals surface area contributed by atoms with Crippen molar-refractivity contribution < 1.29 is 5.21 Å². The molecule has 5 nitrogen and oxygen atoms in total. The fraction of sp³-hybridized carbons (Fsp3) is 0.154. The van der Waals surface area contributed by atoms with E-state index in [-0.39, 0.29) is 5.84 Å². The van der Waals surface area contributed by atoms with Crippen LogP contribution in [-0.2, 0) is 5.75 Å². The molecule has 98 valence electrons. The van der Waals surface area contributed by atoms with Gasteiger partial charge in [-0.2, -0.15) is 0 Å². The number of hydrogen-bond acceptors (Lipinski definition) is 5. The van der Waals surface area contributed by atoms with E-state index in [9.17, 15) is 0 Å². The molecule has 0 bridgehead atoms. The van der Waals surface area contributed by atoms with Gasteiger partial charge in [0.1, 0.15) is 0 Å². The van der Waals surface area contributed by atoms with Crippen LogP contribution in [0.25, 0.3) is 0 Å². The lowest BCUT2D eigenvalue weighted by atomic mass is 10.1. The average molecular weight is 274 g/mol. The second-order valence-electron chi connectivity index (χ2n) is 3.91. The smallest absolute Gasteiger partial charge is 0.188 e. The maximum atomic E-state index is 8.77. The Balaban J connectivity index is 2.16. The summed E-state index contributed by atoms with van der Waals surface area (Å²) in [6, 6.07) is 9.39. The molecule has 6 heteroatoms. The van der Waals surface area contributed by atoms with E-state index in [0.29, 0.717) is 10.9 Å². The number of rotatable bonds is 4. The first-order chi connectivity index (χ1) is 9.20. The lowest BCUT2D eigenvalue weighted by molar-refractivity contribution is 0.318. The van der Waals surface area contributed by atoms with Crippen LogP contribution in [0.4, 0.5) is 0 Å². The highest BCUT2D eigenvalue weighted by Crippen LogP contribution is 2.21. The van der Waals surface area contributed by atoms with Crippen LogP contribution in [0.15, 0.2) is 46.8 Å². The van der Waals surface area contributed by atoms with Crippen molar-refractivity contribution >= 4 is 17.6 Å². The van der Waals surface area contributed by atoms with Gasteiger partial charge in [-0.25, -0.2) is 9.97 Å². The minimum atomic E-state index is 0.112. The molecule has 19 heavy (non-hydrogen) atoms. The Morgan fingerprint density at radius 3 is 2.89 bits per heavy atom. The Kier molecular flexibility index (Phi) is 4.35. The first-order valence-electron chi connectivity index (χ1n) is 5.69. The number of oxime groups is 1. The lowest BCUT2D eigenvalue weighted by Gasteiger charge is -2.07. The summed E-state index contributed by atoms with van der Waals surface area (Å²) < 4.78 is 0. The Morgan fingerprint density at radius 2 is 2.16 bits per heavy atom. The Morgan fingerprint density at radius 1 is 1.37 bits per heavy atom.